The lowest BCUT2D eigenvalue weighted by Gasteiger charge is -2.24. The number of nitrogens with one attached hydrogen (secondary N) is 1. The van der Waals surface area contributed by atoms with Crippen molar-refractivity contribution in [2.75, 3.05) is 31.1 Å². The molecule has 1 aliphatic heterocycles. The predicted octanol–water partition coefficient (Wildman–Crippen LogP) is 3.25. The van der Waals surface area contributed by atoms with E-state index >= 15 is 0 Å². The van der Waals surface area contributed by atoms with Gasteiger partial charge < -0.3 is 10.2 Å². The maximum absolute atomic E-state index is 13.2. The van der Waals surface area contributed by atoms with E-state index in [4.69, 9.17) is 11.6 Å². The van der Waals surface area contributed by atoms with Crippen molar-refractivity contribution in [3.05, 3.63) is 28.8 Å². The molecule has 100 valence electrons. The molecule has 0 amide bonds. The fourth-order valence-corrected chi connectivity index (χ4v) is 2.42. The topological polar surface area (TPSA) is 15.3 Å². The van der Waals surface area contributed by atoms with Crippen LogP contribution in [-0.2, 0) is 5.92 Å². The molecule has 1 saturated heterocycles. The van der Waals surface area contributed by atoms with E-state index in [1.807, 2.05) is 0 Å². The summed E-state index contributed by atoms with van der Waals surface area (Å²) in [6, 6.07) is 4.52. The van der Waals surface area contributed by atoms with Gasteiger partial charge in [-0.25, -0.2) is 8.78 Å². The minimum Gasteiger partial charge on any atom is -0.369 e. The Morgan fingerprint density at radius 1 is 1.28 bits per heavy atom. The van der Waals surface area contributed by atoms with E-state index in [0.29, 0.717) is 5.02 Å². The summed E-state index contributed by atoms with van der Waals surface area (Å²) in [6.45, 7) is 4.51. The van der Waals surface area contributed by atoms with Crippen molar-refractivity contribution in [3.63, 3.8) is 0 Å². The summed E-state index contributed by atoms with van der Waals surface area (Å²) in [5.74, 6) is -2.84. The van der Waals surface area contributed by atoms with Crippen LogP contribution in [-0.4, -0.2) is 26.2 Å². The molecular weight excluding hydrogens is 258 g/mol. The van der Waals surface area contributed by atoms with Gasteiger partial charge in [0.15, 0.2) is 0 Å². The number of benzene rings is 1. The number of nitrogens with zero attached hydrogens (tertiary/aromatic N) is 1. The Morgan fingerprint density at radius 3 is 2.72 bits per heavy atom. The number of alkyl halides is 2. The lowest BCUT2D eigenvalue weighted by molar-refractivity contribution is 0.0175. The number of rotatable bonds is 2. The first kappa shape index (κ1) is 13.6. The Kier molecular flexibility index (Phi) is 4.07. The molecule has 0 unspecified atom stereocenters. The molecule has 0 spiro atoms. The second kappa shape index (κ2) is 5.41. The molecule has 18 heavy (non-hydrogen) atoms. The zero-order valence-corrected chi connectivity index (χ0v) is 11.1. The Hall–Kier alpha value is -0.870. The highest BCUT2D eigenvalue weighted by Crippen LogP contribution is 2.34. The van der Waals surface area contributed by atoms with Crippen LogP contribution in [0.4, 0.5) is 14.5 Å². The van der Waals surface area contributed by atoms with Gasteiger partial charge in [-0.1, -0.05) is 17.7 Å². The van der Waals surface area contributed by atoms with Gasteiger partial charge in [0.1, 0.15) is 0 Å². The fraction of sp³-hybridized carbons (Fsp3) is 0.538. The highest BCUT2D eigenvalue weighted by atomic mass is 35.5. The number of hydrogen-bond donors (Lipinski definition) is 1. The van der Waals surface area contributed by atoms with Crippen molar-refractivity contribution in [1.82, 2.24) is 5.32 Å². The first-order chi connectivity index (χ1) is 8.48. The van der Waals surface area contributed by atoms with Crippen LogP contribution < -0.4 is 10.2 Å². The normalized spacial score (nSPS) is 17.7. The van der Waals surface area contributed by atoms with Gasteiger partial charge in [-0.3, -0.25) is 0 Å². The molecule has 0 atom stereocenters. The number of halogens is 3. The third-order valence-electron chi connectivity index (χ3n) is 3.14. The maximum atomic E-state index is 13.2. The third-order valence-corrected chi connectivity index (χ3v) is 3.44. The van der Waals surface area contributed by atoms with Crippen LogP contribution in [0.5, 0.6) is 0 Å². The highest BCUT2D eigenvalue weighted by molar-refractivity contribution is 6.33. The van der Waals surface area contributed by atoms with Gasteiger partial charge in [0.05, 0.1) is 10.7 Å². The van der Waals surface area contributed by atoms with Crippen molar-refractivity contribution < 1.29 is 8.78 Å². The van der Waals surface area contributed by atoms with Gasteiger partial charge in [0, 0.05) is 32.1 Å². The van der Waals surface area contributed by atoms with Crippen LogP contribution in [0.15, 0.2) is 18.2 Å². The second-order valence-corrected chi connectivity index (χ2v) is 5.05. The van der Waals surface area contributed by atoms with Crippen LogP contribution in [0.2, 0.25) is 5.02 Å². The lowest BCUT2D eigenvalue weighted by Crippen LogP contribution is -2.28. The summed E-state index contributed by atoms with van der Waals surface area (Å²) in [5, 5.41) is 3.70. The standard InChI is InChI=1S/C13H17ClF2N2/c1-13(15,16)10-3-4-12(11(14)9-10)18-7-2-5-17-6-8-18/h3-4,9,17H,2,5-8H2,1H3. The summed E-state index contributed by atoms with van der Waals surface area (Å²) in [5.41, 5.74) is 0.803. The average Bonchev–Trinajstić information content (AvgIpc) is 2.56. The van der Waals surface area contributed by atoms with Gasteiger partial charge in [-0.15, -0.1) is 0 Å². The van der Waals surface area contributed by atoms with E-state index in [2.05, 4.69) is 10.2 Å². The molecule has 1 fully saturated rings. The smallest absolute Gasteiger partial charge is 0.270 e. The number of anilines is 1. The Morgan fingerprint density at radius 2 is 2.06 bits per heavy atom. The van der Waals surface area contributed by atoms with E-state index < -0.39 is 5.92 Å². The lowest BCUT2D eigenvalue weighted by atomic mass is 10.1. The molecule has 1 aromatic rings. The van der Waals surface area contributed by atoms with Crippen molar-refractivity contribution >= 4 is 17.3 Å². The monoisotopic (exact) mass is 274 g/mol. The zero-order chi connectivity index (χ0) is 13.2. The summed E-state index contributed by atoms with van der Waals surface area (Å²) in [4.78, 5) is 2.14. The Labute approximate surface area is 111 Å². The summed E-state index contributed by atoms with van der Waals surface area (Å²) >= 11 is 6.13. The van der Waals surface area contributed by atoms with Crippen molar-refractivity contribution in [3.8, 4) is 0 Å². The summed E-state index contributed by atoms with van der Waals surface area (Å²) in [6.07, 6.45) is 1.03. The van der Waals surface area contributed by atoms with Crippen LogP contribution >= 0.6 is 11.6 Å². The fourth-order valence-electron chi connectivity index (χ4n) is 2.12. The molecule has 1 N–H and O–H groups in total. The molecule has 1 aromatic carbocycles. The van der Waals surface area contributed by atoms with Crippen molar-refractivity contribution in [2.24, 2.45) is 0 Å². The molecule has 2 nitrogen and oxygen atoms in total. The maximum Gasteiger partial charge on any atom is 0.270 e. The van der Waals surface area contributed by atoms with Crippen molar-refractivity contribution in [2.45, 2.75) is 19.3 Å². The van der Waals surface area contributed by atoms with E-state index in [-0.39, 0.29) is 5.56 Å². The minimum atomic E-state index is -2.84. The van der Waals surface area contributed by atoms with Gasteiger partial charge in [-0.2, -0.15) is 0 Å². The van der Waals surface area contributed by atoms with Gasteiger partial charge in [-0.05, 0) is 25.1 Å². The van der Waals surface area contributed by atoms with Crippen LogP contribution in [0, 0.1) is 0 Å². The molecule has 0 aliphatic carbocycles. The van der Waals surface area contributed by atoms with Gasteiger partial charge >= 0.3 is 0 Å². The molecule has 0 bridgehead atoms. The van der Waals surface area contributed by atoms with Gasteiger partial charge in [0.25, 0.3) is 5.92 Å². The first-order valence-corrected chi connectivity index (χ1v) is 6.50. The minimum absolute atomic E-state index is 0.0378. The number of hydrogen-bond acceptors (Lipinski definition) is 2. The summed E-state index contributed by atoms with van der Waals surface area (Å²) < 4.78 is 26.4. The summed E-state index contributed by atoms with van der Waals surface area (Å²) in [7, 11) is 0. The molecular formula is C13H17ClF2N2. The van der Waals surface area contributed by atoms with Crippen molar-refractivity contribution in [1.29, 1.82) is 0 Å². The largest absolute Gasteiger partial charge is 0.369 e. The third kappa shape index (κ3) is 3.12. The van der Waals surface area contributed by atoms with Crippen LogP contribution in [0.3, 0.4) is 0 Å². The molecule has 1 aliphatic rings. The highest BCUT2D eigenvalue weighted by Gasteiger charge is 2.25. The molecule has 0 aromatic heterocycles. The van der Waals surface area contributed by atoms with Gasteiger partial charge in [0.2, 0.25) is 0 Å². The molecule has 0 radical (unpaired) electrons. The van der Waals surface area contributed by atoms with E-state index in [1.165, 1.54) is 12.1 Å². The second-order valence-electron chi connectivity index (χ2n) is 4.65. The average molecular weight is 275 g/mol. The Bertz CT molecular complexity index is 410. The van der Waals surface area contributed by atoms with Crippen LogP contribution in [0.25, 0.3) is 0 Å². The van der Waals surface area contributed by atoms with E-state index in [0.717, 1.165) is 45.2 Å². The molecule has 5 heteroatoms. The first-order valence-electron chi connectivity index (χ1n) is 6.12. The van der Waals surface area contributed by atoms with Crippen LogP contribution in [0.1, 0.15) is 18.9 Å². The quantitative estimate of drug-likeness (QED) is 0.891. The molecule has 1 heterocycles. The molecule has 2 rings (SSSR count). The SMILES string of the molecule is CC(F)(F)c1ccc(N2CCCNCC2)c(Cl)c1. The predicted molar refractivity (Wildman–Crippen MR) is 70.7 cm³/mol. The molecule has 0 saturated carbocycles. The Balaban J connectivity index is 2.23. The van der Waals surface area contributed by atoms with E-state index in [1.54, 1.807) is 6.07 Å². The van der Waals surface area contributed by atoms with E-state index in [9.17, 15) is 8.78 Å². The zero-order valence-electron chi connectivity index (χ0n) is 10.3.